The van der Waals surface area contributed by atoms with Crippen LogP contribution in [0.25, 0.3) is 0 Å². The number of rotatable bonds is 40. The Balaban J connectivity index is 3.96. The standard InChI is InChI=1S/C53H87N2O6P/c1-6-8-10-11-12-13-14-15-16-17-18-19-20-21-22-23-24-25-26-27-28-29-30-31-32-33-34-35-36-37-38-39-40-41-42-43-45-47-53(57)54-51(52(56)46-44-9-7-2)50-61-62(58,59)60-49-48-55(3,4)5/h8,10,12-13,15-16,18-19,21-22,24-25,27-28,30-31,33-34,36-37,44,46,51-52,56H,6-7,9,11,14,17,20,23,26,29,32,35,38-43,45,47-50H2,1-5H3,(H-,54,57,58,59)/b10-8-,13-12-,16-15-,19-18-,22-21-,25-24-,28-27-,31-30-,34-33-,37-36-,46-44+. The summed E-state index contributed by atoms with van der Waals surface area (Å²) in [5.74, 6) is -0.232. The summed E-state index contributed by atoms with van der Waals surface area (Å²) in [6, 6.07) is -0.899. The van der Waals surface area contributed by atoms with Crippen LogP contribution in [0, 0.1) is 0 Å². The van der Waals surface area contributed by atoms with Gasteiger partial charge in [0.2, 0.25) is 5.91 Å². The smallest absolute Gasteiger partial charge is 0.268 e. The first-order chi connectivity index (χ1) is 30.0. The van der Waals surface area contributed by atoms with Crippen LogP contribution in [0.3, 0.4) is 0 Å². The molecule has 0 aliphatic rings. The van der Waals surface area contributed by atoms with Crippen LogP contribution in [0.15, 0.2) is 134 Å². The average molecular weight is 879 g/mol. The molecule has 3 unspecified atom stereocenters. The van der Waals surface area contributed by atoms with Gasteiger partial charge < -0.3 is 28.8 Å². The maximum Gasteiger partial charge on any atom is 0.268 e. The Bertz CT molecular complexity index is 1460. The monoisotopic (exact) mass is 879 g/mol. The van der Waals surface area contributed by atoms with Gasteiger partial charge in [-0.15, -0.1) is 0 Å². The predicted octanol–water partition coefficient (Wildman–Crippen LogP) is 13.0. The van der Waals surface area contributed by atoms with E-state index in [0.717, 1.165) is 122 Å². The number of hydrogen-bond donors (Lipinski definition) is 2. The Labute approximate surface area is 379 Å². The van der Waals surface area contributed by atoms with Gasteiger partial charge in [-0.1, -0.05) is 180 Å². The lowest BCUT2D eigenvalue weighted by Gasteiger charge is -2.29. The van der Waals surface area contributed by atoms with Gasteiger partial charge in [-0.3, -0.25) is 9.36 Å². The lowest BCUT2D eigenvalue weighted by Crippen LogP contribution is -2.45. The van der Waals surface area contributed by atoms with E-state index in [-0.39, 0.29) is 12.5 Å². The van der Waals surface area contributed by atoms with E-state index in [4.69, 9.17) is 9.05 Å². The minimum Gasteiger partial charge on any atom is -0.756 e. The van der Waals surface area contributed by atoms with Crippen molar-refractivity contribution in [2.24, 2.45) is 0 Å². The zero-order chi connectivity index (χ0) is 45.7. The highest BCUT2D eigenvalue weighted by Gasteiger charge is 2.23. The number of hydrogen-bond acceptors (Lipinski definition) is 6. The summed E-state index contributed by atoms with van der Waals surface area (Å²) < 4.78 is 22.8. The summed E-state index contributed by atoms with van der Waals surface area (Å²) in [5.41, 5.74) is 0. The first kappa shape index (κ1) is 58.6. The Morgan fingerprint density at radius 1 is 0.581 bits per heavy atom. The molecule has 0 bridgehead atoms. The molecular weight excluding hydrogens is 792 g/mol. The highest BCUT2D eigenvalue weighted by atomic mass is 31.2. The molecule has 0 rings (SSSR count). The molecule has 0 radical (unpaired) electrons. The molecule has 0 aliphatic heterocycles. The van der Waals surface area contributed by atoms with Gasteiger partial charge in [0, 0.05) is 6.42 Å². The molecule has 9 heteroatoms. The fourth-order valence-electron chi connectivity index (χ4n) is 5.65. The van der Waals surface area contributed by atoms with Crippen LogP contribution in [-0.2, 0) is 18.4 Å². The van der Waals surface area contributed by atoms with Crippen LogP contribution < -0.4 is 10.2 Å². The highest BCUT2D eigenvalue weighted by Crippen LogP contribution is 2.38. The third-order valence-corrected chi connectivity index (χ3v) is 10.3. The number of amides is 1. The van der Waals surface area contributed by atoms with Crippen LogP contribution in [0.4, 0.5) is 0 Å². The van der Waals surface area contributed by atoms with E-state index in [1.54, 1.807) is 6.08 Å². The largest absolute Gasteiger partial charge is 0.756 e. The molecule has 0 aromatic rings. The van der Waals surface area contributed by atoms with E-state index in [0.29, 0.717) is 17.4 Å². The fourth-order valence-corrected chi connectivity index (χ4v) is 6.38. The second-order valence-corrected chi connectivity index (χ2v) is 17.8. The molecule has 0 heterocycles. The van der Waals surface area contributed by atoms with Crippen LogP contribution >= 0.6 is 7.82 Å². The minimum absolute atomic E-state index is 0.0135. The van der Waals surface area contributed by atoms with Crippen LogP contribution in [0.1, 0.15) is 142 Å². The number of phosphoric ester groups is 1. The van der Waals surface area contributed by atoms with Crippen LogP contribution in [0.5, 0.6) is 0 Å². The van der Waals surface area contributed by atoms with Gasteiger partial charge in [0.15, 0.2) is 0 Å². The van der Waals surface area contributed by atoms with Crippen molar-refractivity contribution in [2.45, 2.75) is 154 Å². The zero-order valence-corrected chi connectivity index (χ0v) is 40.4. The van der Waals surface area contributed by atoms with E-state index in [1.165, 1.54) is 0 Å². The highest BCUT2D eigenvalue weighted by molar-refractivity contribution is 7.45. The number of likely N-dealkylation sites (N-methyl/N-ethyl adjacent to an activating group) is 1. The quantitative estimate of drug-likeness (QED) is 0.0275. The van der Waals surface area contributed by atoms with Crippen molar-refractivity contribution in [1.82, 2.24) is 5.32 Å². The van der Waals surface area contributed by atoms with Crippen LogP contribution in [-0.4, -0.2) is 68.5 Å². The molecule has 3 atom stereocenters. The molecule has 0 spiro atoms. The van der Waals surface area contributed by atoms with Gasteiger partial charge in [0.1, 0.15) is 13.2 Å². The molecule has 0 aliphatic carbocycles. The molecule has 2 N–H and O–H groups in total. The number of allylic oxidation sites excluding steroid dienone is 21. The number of aliphatic hydroxyl groups is 1. The second-order valence-electron chi connectivity index (χ2n) is 16.4. The number of quaternary nitrogens is 1. The van der Waals surface area contributed by atoms with E-state index < -0.39 is 26.6 Å². The average Bonchev–Trinajstić information content (AvgIpc) is 3.23. The van der Waals surface area contributed by atoms with Gasteiger partial charge in [-0.05, 0) is 89.9 Å². The van der Waals surface area contributed by atoms with Crippen molar-refractivity contribution in [3.8, 4) is 0 Å². The molecule has 0 aromatic heterocycles. The Morgan fingerprint density at radius 3 is 1.40 bits per heavy atom. The summed E-state index contributed by atoms with van der Waals surface area (Å²) in [4.78, 5) is 24.9. The zero-order valence-electron chi connectivity index (χ0n) is 39.5. The molecule has 0 fully saturated rings. The Hall–Kier alpha value is -3.36. The third-order valence-electron chi connectivity index (χ3n) is 9.35. The summed E-state index contributed by atoms with van der Waals surface area (Å²) in [7, 11) is 1.22. The lowest BCUT2D eigenvalue weighted by molar-refractivity contribution is -0.870. The van der Waals surface area contributed by atoms with Crippen LogP contribution in [0.2, 0.25) is 0 Å². The topological polar surface area (TPSA) is 108 Å². The van der Waals surface area contributed by atoms with E-state index in [1.807, 2.05) is 34.1 Å². The lowest BCUT2D eigenvalue weighted by atomic mass is 10.1. The summed E-state index contributed by atoms with van der Waals surface area (Å²) in [5, 5.41) is 13.4. The van der Waals surface area contributed by atoms with Crippen molar-refractivity contribution in [2.75, 3.05) is 40.9 Å². The Morgan fingerprint density at radius 2 is 0.984 bits per heavy atom. The summed E-state index contributed by atoms with van der Waals surface area (Å²) >= 11 is 0. The molecule has 350 valence electrons. The number of carbonyl (C=O) groups is 1. The summed E-state index contributed by atoms with van der Waals surface area (Å²) in [6.07, 6.45) is 66.1. The van der Waals surface area contributed by atoms with Crippen molar-refractivity contribution in [1.29, 1.82) is 0 Å². The minimum atomic E-state index is -4.58. The van der Waals surface area contributed by atoms with Crippen molar-refractivity contribution < 1.29 is 32.9 Å². The molecular formula is C53H87N2O6P. The molecule has 0 saturated heterocycles. The number of unbranched alkanes of at least 4 members (excludes halogenated alkanes) is 7. The maximum absolute atomic E-state index is 12.7. The van der Waals surface area contributed by atoms with Crippen molar-refractivity contribution >= 4 is 13.7 Å². The fraction of sp³-hybridized carbons (Fsp3) is 0.566. The number of aliphatic hydroxyl groups excluding tert-OH is 1. The van der Waals surface area contributed by atoms with E-state index in [9.17, 15) is 19.4 Å². The molecule has 1 amide bonds. The first-order valence-electron chi connectivity index (χ1n) is 23.5. The molecule has 62 heavy (non-hydrogen) atoms. The summed E-state index contributed by atoms with van der Waals surface area (Å²) in [6.45, 7) is 4.25. The van der Waals surface area contributed by atoms with Crippen molar-refractivity contribution in [3.05, 3.63) is 134 Å². The van der Waals surface area contributed by atoms with E-state index >= 15 is 0 Å². The molecule has 0 saturated carbocycles. The SMILES string of the molecule is CC/C=C\C/C=C\C/C=C\C/C=C\C/C=C\C/C=C\C/C=C\C/C=C\C/C=C\C/C=C\CCCCCCCCC(=O)NC(COP(=O)([O-])OCC[N+](C)(C)C)C(O)/C=C/CCC. The second kappa shape index (κ2) is 42.9. The van der Waals surface area contributed by atoms with Gasteiger partial charge >= 0.3 is 0 Å². The third kappa shape index (κ3) is 44.7. The Kier molecular flexibility index (Phi) is 40.6. The number of phosphoric acid groups is 1. The van der Waals surface area contributed by atoms with Gasteiger partial charge in [-0.2, -0.15) is 0 Å². The number of carbonyl (C=O) groups excluding carboxylic acids is 1. The molecule has 8 nitrogen and oxygen atoms in total. The number of nitrogens with one attached hydrogen (secondary N) is 1. The van der Waals surface area contributed by atoms with E-state index in [2.05, 4.69) is 134 Å². The first-order valence-corrected chi connectivity index (χ1v) is 25.0. The van der Waals surface area contributed by atoms with Gasteiger partial charge in [0.05, 0.1) is 39.9 Å². The number of nitrogens with zero attached hydrogens (tertiary/aromatic N) is 1. The normalized spacial score (nSPS) is 15.4. The van der Waals surface area contributed by atoms with Crippen molar-refractivity contribution in [3.63, 3.8) is 0 Å². The maximum atomic E-state index is 12.7. The molecule has 0 aromatic carbocycles. The van der Waals surface area contributed by atoms with Gasteiger partial charge in [0.25, 0.3) is 7.82 Å². The van der Waals surface area contributed by atoms with Gasteiger partial charge in [-0.25, -0.2) is 0 Å². The predicted molar refractivity (Wildman–Crippen MR) is 265 cm³/mol.